The second kappa shape index (κ2) is 5.84. The summed E-state index contributed by atoms with van der Waals surface area (Å²) in [6.45, 7) is 21.7. The molecule has 1 rings (SSSR count). The molecular weight excluding hydrogens is 279 g/mol. The van der Waals surface area contributed by atoms with Crippen LogP contribution in [0.15, 0.2) is 12.1 Å². The van der Waals surface area contributed by atoms with Gasteiger partial charge in [0.2, 0.25) is 0 Å². The summed E-state index contributed by atoms with van der Waals surface area (Å²) in [4.78, 5) is 0. The summed E-state index contributed by atoms with van der Waals surface area (Å²) < 4.78 is 18.2. The molecule has 0 bridgehead atoms. The Bertz CT molecular complexity index is 381. The van der Waals surface area contributed by atoms with Crippen LogP contribution in [0.1, 0.15) is 55.4 Å². The average Bonchev–Trinajstić information content (AvgIpc) is 2.42. The van der Waals surface area contributed by atoms with Crippen molar-refractivity contribution in [1.82, 2.24) is 0 Å². The first kappa shape index (κ1) is 18.9. The van der Waals surface area contributed by atoms with E-state index in [9.17, 15) is 0 Å². The predicted octanol–water partition coefficient (Wildman–Crippen LogP) is 4.58. The zero-order valence-electron chi connectivity index (χ0n) is 15.5. The largest absolute Gasteiger partial charge is 0.486 e. The third-order valence-electron chi connectivity index (χ3n) is 5.10. The van der Waals surface area contributed by atoms with Gasteiger partial charge in [-0.15, -0.1) is 0 Å². The van der Waals surface area contributed by atoms with Crippen LogP contribution in [0, 0.1) is 0 Å². The molecule has 0 aromatic rings. The standard InChI is InChI=1S/C16H33BO3Si/c1-13(18-21(9,10)14(2,3)4)11-12-17-19-15(5,6)16(7,8)20-17/h11-13H,1-10H3/b12-11-/t13-/m0/s1. The normalized spacial score (nSPS) is 23.8. The van der Waals surface area contributed by atoms with Crippen molar-refractivity contribution in [1.29, 1.82) is 0 Å². The van der Waals surface area contributed by atoms with Crippen LogP contribution >= 0.6 is 0 Å². The zero-order valence-corrected chi connectivity index (χ0v) is 16.5. The molecule has 0 saturated carbocycles. The van der Waals surface area contributed by atoms with E-state index in [1.54, 1.807) is 0 Å². The minimum absolute atomic E-state index is 0.0740. The Balaban J connectivity index is 2.63. The van der Waals surface area contributed by atoms with Gasteiger partial charge in [0.05, 0.1) is 17.3 Å². The van der Waals surface area contributed by atoms with Crippen molar-refractivity contribution in [3.63, 3.8) is 0 Å². The van der Waals surface area contributed by atoms with Crippen molar-refractivity contribution in [3.8, 4) is 0 Å². The van der Waals surface area contributed by atoms with Crippen LogP contribution in [-0.4, -0.2) is 32.7 Å². The third kappa shape index (κ3) is 4.44. The number of hydrogen-bond donors (Lipinski definition) is 0. The topological polar surface area (TPSA) is 27.7 Å². The Kier molecular flexibility index (Phi) is 5.27. The molecule has 1 saturated heterocycles. The second-order valence-corrected chi connectivity index (χ2v) is 13.3. The van der Waals surface area contributed by atoms with Gasteiger partial charge in [0.15, 0.2) is 8.32 Å². The van der Waals surface area contributed by atoms with Crippen molar-refractivity contribution >= 4 is 15.4 Å². The predicted molar refractivity (Wildman–Crippen MR) is 93.0 cm³/mol. The minimum Gasteiger partial charge on any atom is -0.411 e. The summed E-state index contributed by atoms with van der Waals surface area (Å²) in [7, 11) is -2.03. The Hall–Kier alpha value is -0.0982. The SMILES string of the molecule is C[C@@H](/C=C\B1OC(C)(C)C(C)(C)O1)O[Si](C)(C)C(C)(C)C. The lowest BCUT2D eigenvalue weighted by Crippen LogP contribution is -2.43. The molecule has 5 heteroatoms. The molecule has 0 spiro atoms. The van der Waals surface area contributed by atoms with Gasteiger partial charge in [-0.3, -0.25) is 0 Å². The van der Waals surface area contributed by atoms with Crippen molar-refractivity contribution in [2.24, 2.45) is 0 Å². The maximum absolute atomic E-state index is 6.31. The van der Waals surface area contributed by atoms with Crippen LogP contribution in [-0.2, 0) is 13.7 Å². The summed E-state index contributed by atoms with van der Waals surface area (Å²) in [6.07, 6.45) is 2.13. The van der Waals surface area contributed by atoms with E-state index in [1.807, 2.05) is 5.98 Å². The van der Waals surface area contributed by atoms with Gasteiger partial charge in [-0.2, -0.15) is 0 Å². The molecule has 0 aromatic carbocycles. The molecule has 1 aliphatic heterocycles. The van der Waals surface area contributed by atoms with Gasteiger partial charge in [0.1, 0.15) is 0 Å². The lowest BCUT2D eigenvalue weighted by molar-refractivity contribution is 0.00578. The molecule has 0 amide bonds. The Morgan fingerprint density at radius 1 is 1.05 bits per heavy atom. The van der Waals surface area contributed by atoms with Crippen molar-refractivity contribution < 1.29 is 13.7 Å². The fourth-order valence-electron chi connectivity index (χ4n) is 1.90. The van der Waals surface area contributed by atoms with Gasteiger partial charge in [-0.1, -0.05) is 32.8 Å². The average molecular weight is 312 g/mol. The zero-order chi connectivity index (χ0) is 16.7. The van der Waals surface area contributed by atoms with Crippen LogP contribution in [0.4, 0.5) is 0 Å². The highest BCUT2D eigenvalue weighted by atomic mass is 28.4. The third-order valence-corrected chi connectivity index (χ3v) is 9.67. The first-order valence-corrected chi connectivity index (χ1v) is 10.8. The van der Waals surface area contributed by atoms with Crippen LogP contribution in [0.3, 0.4) is 0 Å². The molecule has 0 unspecified atom stereocenters. The van der Waals surface area contributed by atoms with Crippen LogP contribution in [0.5, 0.6) is 0 Å². The Morgan fingerprint density at radius 3 is 1.86 bits per heavy atom. The second-order valence-electron chi connectivity index (χ2n) is 8.59. The van der Waals surface area contributed by atoms with Crippen molar-refractivity contribution in [2.45, 2.75) is 90.8 Å². The highest BCUT2D eigenvalue weighted by molar-refractivity contribution is 6.74. The molecule has 0 aliphatic carbocycles. The molecule has 3 nitrogen and oxygen atoms in total. The Labute approximate surface area is 132 Å². The first-order chi connectivity index (χ1) is 9.18. The molecule has 122 valence electrons. The van der Waals surface area contributed by atoms with E-state index in [0.29, 0.717) is 0 Å². The van der Waals surface area contributed by atoms with Gasteiger partial charge in [-0.05, 0) is 52.8 Å². The number of rotatable bonds is 4. The lowest BCUT2D eigenvalue weighted by Gasteiger charge is -2.37. The summed E-state index contributed by atoms with van der Waals surface area (Å²) >= 11 is 0. The van der Waals surface area contributed by atoms with Crippen LogP contribution in [0.2, 0.25) is 18.1 Å². The molecule has 0 aromatic heterocycles. The van der Waals surface area contributed by atoms with Gasteiger partial charge in [0.25, 0.3) is 0 Å². The van der Waals surface area contributed by atoms with Gasteiger partial charge in [0, 0.05) is 0 Å². The van der Waals surface area contributed by atoms with E-state index in [-0.39, 0.29) is 29.5 Å². The molecule has 0 radical (unpaired) electrons. The molecule has 0 N–H and O–H groups in total. The smallest absolute Gasteiger partial charge is 0.411 e. The first-order valence-electron chi connectivity index (χ1n) is 7.90. The highest BCUT2D eigenvalue weighted by Crippen LogP contribution is 2.38. The maximum Gasteiger partial charge on any atom is 0.486 e. The minimum atomic E-state index is -1.73. The van der Waals surface area contributed by atoms with Crippen molar-refractivity contribution in [2.75, 3.05) is 0 Å². The molecule has 21 heavy (non-hydrogen) atoms. The van der Waals surface area contributed by atoms with Gasteiger partial charge < -0.3 is 13.7 Å². The quantitative estimate of drug-likeness (QED) is 0.711. The molecular formula is C16H33BO3Si. The summed E-state index contributed by atoms with van der Waals surface area (Å²) in [6, 6.07) is 0. The van der Waals surface area contributed by atoms with E-state index >= 15 is 0 Å². The molecule has 1 heterocycles. The molecule has 1 atom stereocenters. The summed E-state index contributed by atoms with van der Waals surface area (Å²) in [5, 5.41) is 0.222. The van der Waals surface area contributed by atoms with E-state index in [1.165, 1.54) is 0 Å². The fraction of sp³-hybridized carbons (Fsp3) is 0.875. The van der Waals surface area contributed by atoms with Gasteiger partial charge >= 0.3 is 7.12 Å². The van der Waals surface area contributed by atoms with E-state index in [2.05, 4.69) is 74.6 Å². The maximum atomic E-state index is 6.31. The van der Waals surface area contributed by atoms with Gasteiger partial charge in [-0.25, -0.2) is 0 Å². The molecule has 1 fully saturated rings. The summed E-state index contributed by atoms with van der Waals surface area (Å²) in [5.74, 6) is 1.98. The summed E-state index contributed by atoms with van der Waals surface area (Å²) in [5.41, 5.74) is -0.572. The van der Waals surface area contributed by atoms with E-state index in [0.717, 1.165) is 0 Å². The number of hydrogen-bond acceptors (Lipinski definition) is 3. The van der Waals surface area contributed by atoms with Crippen LogP contribution < -0.4 is 0 Å². The fourth-order valence-corrected chi connectivity index (χ4v) is 3.26. The van der Waals surface area contributed by atoms with E-state index < -0.39 is 8.32 Å². The monoisotopic (exact) mass is 312 g/mol. The van der Waals surface area contributed by atoms with Crippen LogP contribution in [0.25, 0.3) is 0 Å². The lowest BCUT2D eigenvalue weighted by atomic mass is 9.89. The van der Waals surface area contributed by atoms with Crippen molar-refractivity contribution in [3.05, 3.63) is 12.1 Å². The van der Waals surface area contributed by atoms with E-state index in [4.69, 9.17) is 13.7 Å². The Morgan fingerprint density at radius 2 is 1.48 bits per heavy atom. The highest BCUT2D eigenvalue weighted by Gasteiger charge is 2.50. The molecule has 1 aliphatic rings.